The van der Waals surface area contributed by atoms with E-state index in [0.29, 0.717) is 38.8 Å². The van der Waals surface area contributed by atoms with Gasteiger partial charge in [0.05, 0.1) is 24.4 Å². The van der Waals surface area contributed by atoms with Crippen LogP contribution >= 0.6 is 11.6 Å². The number of aryl methyl sites for hydroxylation is 1. The van der Waals surface area contributed by atoms with Gasteiger partial charge in [-0.3, -0.25) is 9.69 Å². The number of carbonyl (C=O) groups excluding carboxylic acids is 1. The zero-order valence-electron chi connectivity index (χ0n) is 17.9. The fourth-order valence-corrected chi connectivity index (χ4v) is 4.08. The van der Waals surface area contributed by atoms with E-state index in [1.54, 1.807) is 0 Å². The average molecular weight is 445 g/mol. The maximum Gasteiger partial charge on any atom is 0.271 e. The average Bonchev–Trinajstić information content (AvgIpc) is 2.80. The van der Waals surface area contributed by atoms with E-state index in [9.17, 15) is 4.79 Å². The third-order valence-electron chi connectivity index (χ3n) is 5.69. The molecule has 1 aromatic carbocycles. The van der Waals surface area contributed by atoms with Crippen molar-refractivity contribution in [3.63, 3.8) is 0 Å². The Kier molecular flexibility index (Phi) is 7.21. The van der Waals surface area contributed by atoms with Crippen LogP contribution in [0.4, 0.5) is 11.6 Å². The van der Waals surface area contributed by atoms with E-state index in [1.807, 2.05) is 4.90 Å². The highest BCUT2D eigenvalue weighted by molar-refractivity contribution is 6.33. The summed E-state index contributed by atoms with van der Waals surface area (Å²) in [5.74, 6) is 0.255. The number of morpholine rings is 1. The lowest BCUT2D eigenvalue weighted by molar-refractivity contribution is 0.0942. The molecule has 2 aliphatic heterocycles. The normalized spacial score (nSPS) is 17.6. The molecule has 2 saturated heterocycles. The smallest absolute Gasteiger partial charge is 0.271 e. The van der Waals surface area contributed by atoms with Crippen molar-refractivity contribution in [2.75, 3.05) is 75.4 Å². The van der Waals surface area contributed by atoms with Crippen LogP contribution in [0.1, 0.15) is 16.1 Å². The second kappa shape index (κ2) is 10.3. The van der Waals surface area contributed by atoms with Gasteiger partial charge >= 0.3 is 0 Å². The summed E-state index contributed by atoms with van der Waals surface area (Å²) in [6.45, 7) is 10.1. The third-order valence-corrected chi connectivity index (χ3v) is 5.97. The van der Waals surface area contributed by atoms with Crippen molar-refractivity contribution in [1.29, 1.82) is 0 Å². The van der Waals surface area contributed by atoms with Gasteiger partial charge < -0.3 is 19.9 Å². The number of rotatable bonds is 6. The summed E-state index contributed by atoms with van der Waals surface area (Å²) in [5.41, 5.74) is 2.78. The standard InChI is InChI=1S/C22H29ClN6O2/c1-17-3-2-4-18(15-17)28-9-7-27(8-10-28)6-5-24-21(30)20-19(23)16-25-22(26-20)29-11-13-31-14-12-29/h2-4,15-16H,5-14H2,1H3,(H,24,30). The van der Waals surface area contributed by atoms with Gasteiger partial charge in [-0.05, 0) is 24.6 Å². The number of nitrogens with zero attached hydrogens (tertiary/aromatic N) is 5. The van der Waals surface area contributed by atoms with Crippen molar-refractivity contribution in [3.05, 3.63) is 46.7 Å². The minimum Gasteiger partial charge on any atom is -0.378 e. The zero-order chi connectivity index (χ0) is 21.6. The molecule has 4 rings (SSSR count). The van der Waals surface area contributed by atoms with Crippen LogP contribution in [-0.4, -0.2) is 86.3 Å². The highest BCUT2D eigenvalue weighted by atomic mass is 35.5. The van der Waals surface area contributed by atoms with E-state index in [2.05, 4.69) is 56.3 Å². The first-order chi connectivity index (χ1) is 15.1. The molecule has 1 N–H and O–H groups in total. The minimum atomic E-state index is -0.264. The molecule has 2 aliphatic rings. The Morgan fingerprint density at radius 2 is 1.90 bits per heavy atom. The molecular weight excluding hydrogens is 416 g/mol. The lowest BCUT2D eigenvalue weighted by Gasteiger charge is -2.36. The predicted octanol–water partition coefficient (Wildman–Crippen LogP) is 1.83. The first-order valence-electron chi connectivity index (χ1n) is 10.8. The van der Waals surface area contributed by atoms with Crippen LogP contribution in [-0.2, 0) is 4.74 Å². The van der Waals surface area contributed by atoms with Gasteiger partial charge in [0, 0.05) is 58.0 Å². The fourth-order valence-electron chi connectivity index (χ4n) is 3.90. The number of amides is 1. The molecule has 0 spiro atoms. The van der Waals surface area contributed by atoms with Crippen LogP contribution in [0.5, 0.6) is 0 Å². The van der Waals surface area contributed by atoms with E-state index in [0.717, 1.165) is 32.7 Å². The molecule has 2 fully saturated rings. The van der Waals surface area contributed by atoms with Gasteiger partial charge in [-0.2, -0.15) is 0 Å². The van der Waals surface area contributed by atoms with Crippen molar-refractivity contribution in [2.24, 2.45) is 0 Å². The molecule has 31 heavy (non-hydrogen) atoms. The SMILES string of the molecule is Cc1cccc(N2CCN(CCNC(=O)c3nc(N4CCOCC4)ncc3Cl)CC2)c1. The van der Waals surface area contributed by atoms with Crippen LogP contribution in [0.25, 0.3) is 0 Å². The Bertz CT molecular complexity index is 897. The Morgan fingerprint density at radius 3 is 2.65 bits per heavy atom. The maximum absolute atomic E-state index is 12.7. The quantitative estimate of drug-likeness (QED) is 0.728. The number of nitrogens with one attached hydrogen (secondary N) is 1. The lowest BCUT2D eigenvalue weighted by Crippen LogP contribution is -2.48. The number of ether oxygens (including phenoxy) is 1. The molecule has 1 amide bonds. The van der Waals surface area contributed by atoms with Crippen molar-refractivity contribution in [2.45, 2.75) is 6.92 Å². The molecule has 0 saturated carbocycles. The number of anilines is 2. The summed E-state index contributed by atoms with van der Waals surface area (Å²) >= 11 is 6.20. The predicted molar refractivity (Wildman–Crippen MR) is 122 cm³/mol. The van der Waals surface area contributed by atoms with Gasteiger partial charge in [-0.15, -0.1) is 0 Å². The van der Waals surface area contributed by atoms with Crippen LogP contribution in [0, 0.1) is 6.92 Å². The fraction of sp³-hybridized carbons (Fsp3) is 0.500. The largest absolute Gasteiger partial charge is 0.378 e. The summed E-state index contributed by atoms with van der Waals surface area (Å²) in [4.78, 5) is 28.1. The number of carbonyl (C=O) groups is 1. The van der Waals surface area contributed by atoms with E-state index in [-0.39, 0.29) is 16.6 Å². The highest BCUT2D eigenvalue weighted by Crippen LogP contribution is 2.18. The summed E-state index contributed by atoms with van der Waals surface area (Å²) in [7, 11) is 0. The van der Waals surface area contributed by atoms with Crippen LogP contribution in [0.3, 0.4) is 0 Å². The summed E-state index contributed by atoms with van der Waals surface area (Å²) in [6.07, 6.45) is 1.50. The molecule has 2 aromatic rings. The van der Waals surface area contributed by atoms with Gasteiger partial charge in [-0.1, -0.05) is 23.7 Å². The number of halogens is 1. The number of hydrogen-bond donors (Lipinski definition) is 1. The van der Waals surface area contributed by atoms with Gasteiger partial charge in [0.25, 0.3) is 5.91 Å². The van der Waals surface area contributed by atoms with Gasteiger partial charge in [0.15, 0.2) is 5.69 Å². The van der Waals surface area contributed by atoms with Gasteiger partial charge in [0.1, 0.15) is 0 Å². The van der Waals surface area contributed by atoms with E-state index in [4.69, 9.17) is 16.3 Å². The zero-order valence-corrected chi connectivity index (χ0v) is 18.6. The number of piperazine rings is 1. The Morgan fingerprint density at radius 1 is 1.13 bits per heavy atom. The highest BCUT2D eigenvalue weighted by Gasteiger charge is 2.20. The Labute approximate surface area is 188 Å². The van der Waals surface area contributed by atoms with Gasteiger partial charge in [0.2, 0.25) is 5.95 Å². The van der Waals surface area contributed by atoms with Crippen LogP contribution < -0.4 is 15.1 Å². The second-order valence-corrected chi connectivity index (χ2v) is 8.30. The van der Waals surface area contributed by atoms with E-state index in [1.165, 1.54) is 17.4 Å². The first-order valence-corrected chi connectivity index (χ1v) is 11.2. The molecule has 8 nitrogen and oxygen atoms in total. The molecule has 166 valence electrons. The van der Waals surface area contributed by atoms with E-state index < -0.39 is 0 Å². The molecule has 0 bridgehead atoms. The topological polar surface area (TPSA) is 73.8 Å². The molecule has 0 unspecified atom stereocenters. The van der Waals surface area contributed by atoms with Crippen molar-refractivity contribution < 1.29 is 9.53 Å². The lowest BCUT2D eigenvalue weighted by atomic mass is 10.2. The Balaban J connectivity index is 1.25. The molecular formula is C22H29ClN6O2. The monoisotopic (exact) mass is 444 g/mol. The van der Waals surface area contributed by atoms with Crippen LogP contribution in [0.15, 0.2) is 30.5 Å². The number of benzene rings is 1. The Hall–Kier alpha value is -2.42. The van der Waals surface area contributed by atoms with Gasteiger partial charge in [-0.25, -0.2) is 9.97 Å². The first kappa shape index (κ1) is 21.8. The molecule has 0 radical (unpaired) electrons. The number of aromatic nitrogens is 2. The second-order valence-electron chi connectivity index (χ2n) is 7.89. The van der Waals surface area contributed by atoms with Crippen molar-refractivity contribution >= 4 is 29.1 Å². The summed E-state index contributed by atoms with van der Waals surface area (Å²) in [5, 5.41) is 3.22. The molecule has 3 heterocycles. The summed E-state index contributed by atoms with van der Waals surface area (Å²) < 4.78 is 5.36. The third kappa shape index (κ3) is 5.64. The number of hydrogen-bond acceptors (Lipinski definition) is 7. The van der Waals surface area contributed by atoms with E-state index >= 15 is 0 Å². The van der Waals surface area contributed by atoms with Crippen molar-refractivity contribution in [1.82, 2.24) is 20.2 Å². The van der Waals surface area contributed by atoms with Crippen LogP contribution in [0.2, 0.25) is 5.02 Å². The molecule has 1 aromatic heterocycles. The van der Waals surface area contributed by atoms with Crippen molar-refractivity contribution in [3.8, 4) is 0 Å². The molecule has 0 atom stereocenters. The summed E-state index contributed by atoms with van der Waals surface area (Å²) in [6, 6.07) is 8.62. The molecule has 9 heteroatoms. The minimum absolute atomic E-state index is 0.224. The molecule has 0 aliphatic carbocycles. The maximum atomic E-state index is 12.7.